The molecule has 3 heteroatoms. The second kappa shape index (κ2) is 5.90. The number of pyridine rings is 1. The minimum Gasteiger partial charge on any atom is -0.311 e. The maximum Gasteiger partial charge on any atom is 0.0705 e. The largest absolute Gasteiger partial charge is 0.311 e. The van der Waals surface area contributed by atoms with Crippen molar-refractivity contribution in [2.75, 3.05) is 20.6 Å². The van der Waals surface area contributed by atoms with Gasteiger partial charge in [-0.3, -0.25) is 4.98 Å². The third-order valence-corrected chi connectivity index (χ3v) is 3.99. The average molecular weight is 271 g/mol. The van der Waals surface area contributed by atoms with E-state index >= 15 is 0 Å². The Kier molecular flexibility index (Phi) is 4.41. The fraction of sp³-hybridized carbons (Fsp3) is 0.471. The van der Waals surface area contributed by atoms with Crippen LogP contribution in [0.2, 0.25) is 0 Å². The molecule has 1 heterocycles. The highest BCUT2D eigenvalue weighted by Crippen LogP contribution is 2.15. The van der Waals surface area contributed by atoms with Crippen LogP contribution in [-0.2, 0) is 6.54 Å². The molecule has 0 radical (unpaired) electrons. The summed E-state index contributed by atoms with van der Waals surface area (Å²) in [5.74, 6) is 0. The molecule has 0 aliphatic rings. The van der Waals surface area contributed by atoms with Gasteiger partial charge in [-0.15, -0.1) is 0 Å². The molecule has 0 fully saturated rings. The monoisotopic (exact) mass is 271 g/mol. The summed E-state index contributed by atoms with van der Waals surface area (Å²) in [5.41, 5.74) is 3.60. The summed E-state index contributed by atoms with van der Waals surface area (Å²) in [6, 6.07) is 10.7. The number of likely N-dealkylation sites (N-methyl/N-ethyl adjacent to an activating group) is 1. The smallest absolute Gasteiger partial charge is 0.0705 e. The van der Waals surface area contributed by atoms with E-state index in [1.165, 1.54) is 10.9 Å². The number of aryl methyl sites for hydroxylation is 1. The molecule has 0 aliphatic carbocycles. The van der Waals surface area contributed by atoms with Crippen LogP contribution in [0.5, 0.6) is 0 Å². The molecule has 2 rings (SSSR count). The Hall–Kier alpha value is -1.45. The highest BCUT2D eigenvalue weighted by Gasteiger charge is 2.19. The summed E-state index contributed by atoms with van der Waals surface area (Å²) in [7, 11) is 4.23. The van der Waals surface area contributed by atoms with Crippen molar-refractivity contribution in [2.24, 2.45) is 0 Å². The first-order valence-electron chi connectivity index (χ1n) is 7.13. The molecule has 2 aromatic rings. The SMILES string of the molecule is Cc1ccc2cc(CNCC(C)(C)N(C)C)ccc2n1. The van der Waals surface area contributed by atoms with Gasteiger partial charge in [0.05, 0.1) is 5.52 Å². The highest BCUT2D eigenvalue weighted by molar-refractivity contribution is 5.79. The molecule has 1 aromatic heterocycles. The number of rotatable bonds is 5. The number of hydrogen-bond donors (Lipinski definition) is 1. The molecular formula is C17H25N3. The van der Waals surface area contributed by atoms with Gasteiger partial charge in [-0.25, -0.2) is 0 Å². The summed E-state index contributed by atoms with van der Waals surface area (Å²) in [6.07, 6.45) is 0. The molecule has 0 unspecified atom stereocenters. The summed E-state index contributed by atoms with van der Waals surface area (Å²) in [6.45, 7) is 8.36. The molecule has 20 heavy (non-hydrogen) atoms. The Morgan fingerprint density at radius 1 is 1.15 bits per heavy atom. The first kappa shape index (κ1) is 14.9. The summed E-state index contributed by atoms with van der Waals surface area (Å²) in [5, 5.41) is 4.75. The highest BCUT2D eigenvalue weighted by atomic mass is 15.2. The molecule has 0 aliphatic heterocycles. The van der Waals surface area contributed by atoms with Crippen LogP contribution in [0, 0.1) is 6.92 Å². The summed E-state index contributed by atoms with van der Waals surface area (Å²) in [4.78, 5) is 6.78. The fourth-order valence-electron chi connectivity index (χ4n) is 2.06. The van der Waals surface area contributed by atoms with Gasteiger partial charge in [-0.2, -0.15) is 0 Å². The summed E-state index contributed by atoms with van der Waals surface area (Å²) < 4.78 is 0. The van der Waals surface area contributed by atoms with Crippen LogP contribution >= 0.6 is 0 Å². The second-order valence-electron chi connectivity index (χ2n) is 6.29. The Morgan fingerprint density at radius 2 is 1.90 bits per heavy atom. The van der Waals surface area contributed by atoms with Gasteiger partial charge in [0, 0.05) is 29.7 Å². The van der Waals surface area contributed by atoms with Crippen LogP contribution in [0.25, 0.3) is 10.9 Å². The molecule has 0 saturated heterocycles. The number of hydrogen-bond acceptors (Lipinski definition) is 3. The zero-order valence-electron chi connectivity index (χ0n) is 13.2. The van der Waals surface area contributed by atoms with Gasteiger partial charge in [0.2, 0.25) is 0 Å². The van der Waals surface area contributed by atoms with Crippen LogP contribution in [0.15, 0.2) is 30.3 Å². The molecule has 1 N–H and O–H groups in total. The van der Waals surface area contributed by atoms with Gasteiger partial charge in [0.15, 0.2) is 0 Å². The van der Waals surface area contributed by atoms with E-state index in [9.17, 15) is 0 Å². The fourth-order valence-corrected chi connectivity index (χ4v) is 2.06. The molecule has 0 saturated carbocycles. The third-order valence-electron chi connectivity index (χ3n) is 3.99. The lowest BCUT2D eigenvalue weighted by Gasteiger charge is -2.32. The number of fused-ring (bicyclic) bond motifs is 1. The molecule has 1 aromatic carbocycles. The quantitative estimate of drug-likeness (QED) is 0.906. The van der Waals surface area contributed by atoms with E-state index in [0.717, 1.165) is 24.3 Å². The maximum absolute atomic E-state index is 4.53. The van der Waals surface area contributed by atoms with E-state index in [4.69, 9.17) is 0 Å². The minimum absolute atomic E-state index is 0.162. The van der Waals surface area contributed by atoms with Gasteiger partial charge < -0.3 is 10.2 Å². The standard InChI is InChI=1S/C17H25N3/c1-13-6-8-15-10-14(7-9-16(15)19-13)11-18-12-17(2,3)20(4)5/h6-10,18H,11-12H2,1-5H3. The van der Waals surface area contributed by atoms with E-state index in [1.807, 2.05) is 6.92 Å². The third kappa shape index (κ3) is 3.56. The van der Waals surface area contributed by atoms with Crippen LogP contribution in [0.4, 0.5) is 0 Å². The minimum atomic E-state index is 0.162. The van der Waals surface area contributed by atoms with Gasteiger partial charge in [0.1, 0.15) is 0 Å². The molecule has 0 bridgehead atoms. The Balaban J connectivity index is 2.02. The second-order valence-corrected chi connectivity index (χ2v) is 6.29. The van der Waals surface area contributed by atoms with Gasteiger partial charge >= 0.3 is 0 Å². The first-order valence-corrected chi connectivity index (χ1v) is 7.13. The topological polar surface area (TPSA) is 28.2 Å². The van der Waals surface area contributed by atoms with Crippen molar-refractivity contribution in [1.82, 2.24) is 15.2 Å². The van der Waals surface area contributed by atoms with Crippen molar-refractivity contribution in [1.29, 1.82) is 0 Å². The Morgan fingerprint density at radius 3 is 2.60 bits per heavy atom. The van der Waals surface area contributed by atoms with Crippen LogP contribution in [0.1, 0.15) is 25.1 Å². The van der Waals surface area contributed by atoms with Crippen molar-refractivity contribution < 1.29 is 0 Å². The Bertz CT molecular complexity index is 588. The van der Waals surface area contributed by atoms with Gasteiger partial charge in [-0.05, 0) is 58.6 Å². The van der Waals surface area contributed by atoms with E-state index in [0.29, 0.717) is 0 Å². The number of aromatic nitrogens is 1. The van der Waals surface area contributed by atoms with Crippen molar-refractivity contribution in [2.45, 2.75) is 32.9 Å². The lowest BCUT2D eigenvalue weighted by Crippen LogP contribution is -2.46. The lowest BCUT2D eigenvalue weighted by atomic mass is 10.0. The maximum atomic E-state index is 4.53. The molecule has 0 atom stereocenters. The van der Waals surface area contributed by atoms with Crippen molar-refractivity contribution >= 4 is 10.9 Å². The van der Waals surface area contributed by atoms with E-state index in [-0.39, 0.29) is 5.54 Å². The number of benzene rings is 1. The first-order chi connectivity index (χ1) is 9.38. The lowest BCUT2D eigenvalue weighted by molar-refractivity contribution is 0.190. The van der Waals surface area contributed by atoms with E-state index in [1.54, 1.807) is 0 Å². The van der Waals surface area contributed by atoms with Crippen molar-refractivity contribution in [3.63, 3.8) is 0 Å². The number of nitrogens with one attached hydrogen (secondary N) is 1. The van der Waals surface area contributed by atoms with Gasteiger partial charge in [0.25, 0.3) is 0 Å². The molecule has 0 spiro atoms. The summed E-state index contributed by atoms with van der Waals surface area (Å²) >= 11 is 0. The predicted octanol–water partition coefficient (Wildman–Crippen LogP) is 2.97. The molecular weight excluding hydrogens is 246 g/mol. The average Bonchev–Trinajstić information content (AvgIpc) is 2.38. The van der Waals surface area contributed by atoms with E-state index < -0.39 is 0 Å². The zero-order valence-corrected chi connectivity index (χ0v) is 13.2. The molecule has 3 nitrogen and oxygen atoms in total. The van der Waals surface area contributed by atoms with Crippen molar-refractivity contribution in [3.8, 4) is 0 Å². The zero-order chi connectivity index (χ0) is 14.8. The van der Waals surface area contributed by atoms with Crippen molar-refractivity contribution in [3.05, 3.63) is 41.6 Å². The Labute approximate surface area is 122 Å². The molecule has 108 valence electrons. The number of nitrogens with zero attached hydrogens (tertiary/aromatic N) is 2. The van der Waals surface area contributed by atoms with Crippen LogP contribution in [0.3, 0.4) is 0 Å². The van der Waals surface area contributed by atoms with Gasteiger partial charge in [-0.1, -0.05) is 12.1 Å². The van der Waals surface area contributed by atoms with E-state index in [2.05, 4.69) is 73.5 Å². The predicted molar refractivity (Wildman–Crippen MR) is 86.0 cm³/mol. The molecule has 0 amide bonds. The van der Waals surface area contributed by atoms with Crippen LogP contribution in [-0.4, -0.2) is 36.1 Å². The normalized spacial score (nSPS) is 12.3. The van der Waals surface area contributed by atoms with Crippen LogP contribution < -0.4 is 5.32 Å².